The average Bonchev–Trinajstić information content (AvgIpc) is 2.70. The molecule has 0 saturated carbocycles. The van der Waals surface area contributed by atoms with Crippen molar-refractivity contribution in [3.63, 3.8) is 0 Å². The Hall–Kier alpha value is -3.08. The first-order chi connectivity index (χ1) is 13.0. The number of rotatable bonds is 8. The molecule has 0 radical (unpaired) electrons. The van der Waals surface area contributed by atoms with Crippen molar-refractivity contribution in [1.82, 2.24) is 4.90 Å². The number of benzene rings is 2. The molecule has 0 spiro atoms. The first-order valence-electron chi connectivity index (χ1n) is 8.77. The molecule has 1 atom stereocenters. The number of methoxy groups -OCH3 is 1. The maximum atomic E-state index is 12.2. The van der Waals surface area contributed by atoms with E-state index in [0.717, 1.165) is 16.9 Å². The van der Waals surface area contributed by atoms with Gasteiger partial charge in [0.05, 0.1) is 13.0 Å². The highest BCUT2D eigenvalue weighted by atomic mass is 16.5. The molecule has 142 valence electrons. The lowest BCUT2D eigenvalue weighted by Crippen LogP contribution is -2.33. The van der Waals surface area contributed by atoms with Gasteiger partial charge < -0.3 is 14.4 Å². The van der Waals surface area contributed by atoms with E-state index in [4.69, 9.17) is 4.74 Å². The first-order valence-corrected chi connectivity index (χ1v) is 8.77. The van der Waals surface area contributed by atoms with E-state index in [1.54, 1.807) is 20.0 Å². The summed E-state index contributed by atoms with van der Waals surface area (Å²) in [5.74, 6) is -0.142. The van der Waals surface area contributed by atoms with Crippen molar-refractivity contribution in [3.05, 3.63) is 71.8 Å². The fraction of sp³-hybridized carbons (Fsp3) is 0.273. The van der Waals surface area contributed by atoms with Crippen LogP contribution < -0.4 is 4.74 Å². The van der Waals surface area contributed by atoms with Crippen molar-refractivity contribution in [3.8, 4) is 5.75 Å². The molecule has 0 fully saturated rings. The largest absolute Gasteiger partial charge is 0.489 e. The van der Waals surface area contributed by atoms with Crippen molar-refractivity contribution in [2.24, 2.45) is 5.92 Å². The molecule has 27 heavy (non-hydrogen) atoms. The first kappa shape index (κ1) is 20.2. The van der Waals surface area contributed by atoms with Gasteiger partial charge in [-0.15, -0.1) is 0 Å². The van der Waals surface area contributed by atoms with Gasteiger partial charge in [-0.3, -0.25) is 9.59 Å². The van der Waals surface area contributed by atoms with E-state index in [0.29, 0.717) is 13.2 Å². The third-order valence-corrected chi connectivity index (χ3v) is 4.05. The number of amides is 1. The fourth-order valence-electron chi connectivity index (χ4n) is 2.52. The van der Waals surface area contributed by atoms with E-state index in [1.165, 1.54) is 18.1 Å². The minimum absolute atomic E-state index is 0.179. The number of nitrogens with zero attached hydrogens (tertiary/aromatic N) is 1. The molecule has 5 heteroatoms. The van der Waals surface area contributed by atoms with Crippen LogP contribution in [0.5, 0.6) is 5.75 Å². The van der Waals surface area contributed by atoms with E-state index < -0.39 is 0 Å². The zero-order valence-electron chi connectivity index (χ0n) is 15.9. The number of hydrogen-bond acceptors (Lipinski definition) is 4. The molecule has 2 aromatic rings. The maximum absolute atomic E-state index is 12.2. The van der Waals surface area contributed by atoms with Crippen LogP contribution in [-0.2, 0) is 20.9 Å². The van der Waals surface area contributed by atoms with Gasteiger partial charge in [-0.25, -0.2) is 0 Å². The van der Waals surface area contributed by atoms with Gasteiger partial charge >= 0.3 is 5.97 Å². The summed E-state index contributed by atoms with van der Waals surface area (Å²) in [7, 11) is 3.00. The van der Waals surface area contributed by atoms with E-state index >= 15 is 0 Å². The summed E-state index contributed by atoms with van der Waals surface area (Å²) >= 11 is 0. The second-order valence-corrected chi connectivity index (χ2v) is 6.32. The van der Waals surface area contributed by atoms with Crippen LogP contribution in [0.4, 0.5) is 0 Å². The number of ether oxygens (including phenoxy) is 2. The Morgan fingerprint density at radius 3 is 2.56 bits per heavy atom. The Labute approximate surface area is 160 Å². The Morgan fingerprint density at radius 2 is 1.85 bits per heavy atom. The summed E-state index contributed by atoms with van der Waals surface area (Å²) in [5.41, 5.74) is 1.96. The predicted octanol–water partition coefficient (Wildman–Crippen LogP) is 3.55. The van der Waals surface area contributed by atoms with Gasteiger partial charge in [-0.05, 0) is 29.3 Å². The van der Waals surface area contributed by atoms with Crippen molar-refractivity contribution in [2.75, 3.05) is 20.7 Å². The standard InChI is InChI=1S/C22H25NO4/c1-17(22(25)26-3)15-23(2)21(24)13-12-18-10-7-11-20(14-18)27-16-19-8-5-4-6-9-19/h4-14,17H,15-16H2,1-3H3/b13-12+. The third-order valence-electron chi connectivity index (χ3n) is 4.05. The van der Waals surface area contributed by atoms with E-state index in [-0.39, 0.29) is 17.8 Å². The summed E-state index contributed by atoms with van der Waals surface area (Å²) in [6.07, 6.45) is 3.22. The summed E-state index contributed by atoms with van der Waals surface area (Å²) in [6.45, 7) is 2.52. The normalized spacial score (nSPS) is 11.8. The number of hydrogen-bond donors (Lipinski definition) is 0. The summed E-state index contributed by atoms with van der Waals surface area (Å²) in [6, 6.07) is 17.5. The Kier molecular flexibility index (Phi) is 7.62. The lowest BCUT2D eigenvalue weighted by atomic mass is 10.1. The van der Waals surface area contributed by atoms with Crippen LogP contribution in [0.1, 0.15) is 18.1 Å². The van der Waals surface area contributed by atoms with Crippen LogP contribution in [0.25, 0.3) is 6.08 Å². The van der Waals surface area contributed by atoms with Crippen molar-refractivity contribution in [1.29, 1.82) is 0 Å². The SMILES string of the molecule is COC(=O)C(C)CN(C)C(=O)/C=C/c1cccc(OCc2ccccc2)c1. The molecule has 0 heterocycles. The second-order valence-electron chi connectivity index (χ2n) is 6.32. The van der Waals surface area contributed by atoms with Gasteiger partial charge in [0.1, 0.15) is 12.4 Å². The number of likely N-dealkylation sites (N-methyl/N-ethyl adjacent to an activating group) is 1. The van der Waals surface area contributed by atoms with E-state index in [2.05, 4.69) is 4.74 Å². The van der Waals surface area contributed by atoms with Gasteiger partial charge in [0.25, 0.3) is 0 Å². The lowest BCUT2D eigenvalue weighted by Gasteiger charge is -2.18. The molecule has 0 aliphatic heterocycles. The van der Waals surface area contributed by atoms with Gasteiger partial charge in [0, 0.05) is 19.7 Å². The molecular formula is C22H25NO4. The van der Waals surface area contributed by atoms with Crippen LogP contribution in [0, 0.1) is 5.92 Å². The highest BCUT2D eigenvalue weighted by Crippen LogP contribution is 2.16. The average molecular weight is 367 g/mol. The summed E-state index contributed by atoms with van der Waals surface area (Å²) in [4.78, 5) is 25.2. The molecule has 0 saturated heterocycles. The molecule has 1 unspecified atom stereocenters. The number of carbonyl (C=O) groups is 2. The van der Waals surface area contributed by atoms with Gasteiger partial charge in [-0.1, -0.05) is 49.4 Å². The fourth-order valence-corrected chi connectivity index (χ4v) is 2.52. The van der Waals surface area contributed by atoms with Crippen LogP contribution in [0.15, 0.2) is 60.7 Å². The molecule has 0 N–H and O–H groups in total. The molecule has 0 bridgehead atoms. The molecule has 0 aliphatic rings. The maximum Gasteiger partial charge on any atom is 0.310 e. The molecular weight excluding hydrogens is 342 g/mol. The zero-order chi connectivity index (χ0) is 19.6. The third kappa shape index (κ3) is 6.62. The molecule has 5 nitrogen and oxygen atoms in total. The van der Waals surface area contributed by atoms with Gasteiger partial charge in [0.15, 0.2) is 0 Å². The minimum atomic E-state index is -0.368. The lowest BCUT2D eigenvalue weighted by molar-refractivity contribution is -0.145. The minimum Gasteiger partial charge on any atom is -0.489 e. The Balaban J connectivity index is 1.92. The molecule has 2 aromatic carbocycles. The molecule has 0 aliphatic carbocycles. The molecule has 2 rings (SSSR count). The van der Waals surface area contributed by atoms with Crippen molar-refractivity contribution >= 4 is 18.0 Å². The second kappa shape index (κ2) is 10.2. The van der Waals surface area contributed by atoms with Crippen LogP contribution in [-0.4, -0.2) is 37.5 Å². The van der Waals surface area contributed by atoms with Crippen molar-refractivity contribution < 1.29 is 19.1 Å². The summed E-state index contributed by atoms with van der Waals surface area (Å²) in [5, 5.41) is 0. The highest BCUT2D eigenvalue weighted by Gasteiger charge is 2.17. The Bertz CT molecular complexity index is 786. The molecule has 1 amide bonds. The van der Waals surface area contributed by atoms with E-state index in [1.807, 2.05) is 54.6 Å². The van der Waals surface area contributed by atoms with Gasteiger partial charge in [-0.2, -0.15) is 0 Å². The molecule has 0 aromatic heterocycles. The zero-order valence-corrected chi connectivity index (χ0v) is 15.9. The number of esters is 1. The van der Waals surface area contributed by atoms with Crippen LogP contribution >= 0.6 is 0 Å². The quantitative estimate of drug-likeness (QED) is 0.529. The predicted molar refractivity (Wildman–Crippen MR) is 105 cm³/mol. The summed E-state index contributed by atoms with van der Waals surface area (Å²) < 4.78 is 10.5. The van der Waals surface area contributed by atoms with Crippen molar-refractivity contribution in [2.45, 2.75) is 13.5 Å². The van der Waals surface area contributed by atoms with Crippen LogP contribution in [0.2, 0.25) is 0 Å². The number of carbonyl (C=O) groups excluding carboxylic acids is 2. The monoisotopic (exact) mass is 367 g/mol. The van der Waals surface area contributed by atoms with Crippen LogP contribution in [0.3, 0.4) is 0 Å². The smallest absolute Gasteiger partial charge is 0.310 e. The van der Waals surface area contributed by atoms with Gasteiger partial charge in [0.2, 0.25) is 5.91 Å². The topological polar surface area (TPSA) is 55.8 Å². The Morgan fingerprint density at radius 1 is 1.11 bits per heavy atom. The van der Waals surface area contributed by atoms with E-state index in [9.17, 15) is 9.59 Å². The highest BCUT2D eigenvalue weighted by molar-refractivity contribution is 5.92.